The molecule has 1 aliphatic carbocycles. The summed E-state index contributed by atoms with van der Waals surface area (Å²) in [7, 11) is 0. The van der Waals surface area contributed by atoms with E-state index in [-0.39, 0.29) is 0 Å². The molecule has 0 unspecified atom stereocenters. The SMILES string of the molecule is Nc1ccccc1C1=NO[C@H]2C[C@H]12. The van der Waals surface area contributed by atoms with E-state index < -0.39 is 0 Å². The van der Waals surface area contributed by atoms with Crippen LogP contribution in [0.2, 0.25) is 0 Å². The second-order valence-corrected chi connectivity index (χ2v) is 3.55. The van der Waals surface area contributed by atoms with Crippen LogP contribution in [0.5, 0.6) is 0 Å². The van der Waals surface area contributed by atoms with E-state index in [2.05, 4.69) is 5.16 Å². The van der Waals surface area contributed by atoms with E-state index in [1.807, 2.05) is 24.3 Å². The number of benzene rings is 1. The zero-order valence-corrected chi connectivity index (χ0v) is 7.10. The van der Waals surface area contributed by atoms with Gasteiger partial charge in [0.25, 0.3) is 0 Å². The molecule has 3 nitrogen and oxygen atoms in total. The minimum absolute atomic E-state index is 0.342. The van der Waals surface area contributed by atoms with E-state index in [4.69, 9.17) is 10.6 Å². The minimum Gasteiger partial charge on any atom is -0.398 e. The summed E-state index contributed by atoms with van der Waals surface area (Å²) >= 11 is 0. The summed E-state index contributed by atoms with van der Waals surface area (Å²) in [6, 6.07) is 7.80. The van der Waals surface area contributed by atoms with Gasteiger partial charge in [0, 0.05) is 17.2 Å². The van der Waals surface area contributed by atoms with Crippen molar-refractivity contribution in [3.05, 3.63) is 29.8 Å². The number of nitrogens with two attached hydrogens (primary N) is 1. The van der Waals surface area contributed by atoms with E-state index in [0.29, 0.717) is 12.0 Å². The first kappa shape index (κ1) is 6.95. The third-order valence-corrected chi connectivity index (χ3v) is 2.61. The maximum atomic E-state index is 5.84. The van der Waals surface area contributed by atoms with Crippen LogP contribution in [0.3, 0.4) is 0 Å². The van der Waals surface area contributed by atoms with Crippen LogP contribution in [0.25, 0.3) is 0 Å². The molecular formula is C10H10N2O. The van der Waals surface area contributed by atoms with Gasteiger partial charge in [0.05, 0.1) is 5.71 Å². The second kappa shape index (κ2) is 2.25. The molecule has 1 heterocycles. The van der Waals surface area contributed by atoms with Crippen molar-refractivity contribution in [2.24, 2.45) is 11.1 Å². The molecule has 2 N–H and O–H groups in total. The van der Waals surface area contributed by atoms with Crippen LogP contribution in [0.4, 0.5) is 5.69 Å². The molecule has 3 rings (SSSR count). The molecule has 2 atom stereocenters. The van der Waals surface area contributed by atoms with Gasteiger partial charge in [0.1, 0.15) is 6.10 Å². The normalized spacial score (nSPS) is 29.1. The quantitative estimate of drug-likeness (QED) is 0.654. The average Bonchev–Trinajstić information content (AvgIpc) is 2.81. The summed E-state index contributed by atoms with van der Waals surface area (Å²) in [4.78, 5) is 5.18. The van der Waals surface area contributed by atoms with Crippen molar-refractivity contribution in [3.8, 4) is 0 Å². The highest BCUT2D eigenvalue weighted by Crippen LogP contribution is 2.42. The largest absolute Gasteiger partial charge is 0.398 e. The maximum Gasteiger partial charge on any atom is 0.137 e. The highest BCUT2D eigenvalue weighted by molar-refractivity contribution is 6.08. The van der Waals surface area contributed by atoms with Crippen LogP contribution in [0, 0.1) is 5.92 Å². The Kier molecular flexibility index (Phi) is 1.20. The Labute approximate surface area is 76.2 Å². The van der Waals surface area contributed by atoms with Gasteiger partial charge >= 0.3 is 0 Å². The van der Waals surface area contributed by atoms with Crippen molar-refractivity contribution in [2.75, 3.05) is 5.73 Å². The highest BCUT2D eigenvalue weighted by Gasteiger charge is 2.49. The first-order valence-corrected chi connectivity index (χ1v) is 4.45. The van der Waals surface area contributed by atoms with Crippen LogP contribution >= 0.6 is 0 Å². The Balaban J connectivity index is 2.05. The number of hydrogen-bond donors (Lipinski definition) is 1. The summed E-state index contributed by atoms with van der Waals surface area (Å²) in [5.74, 6) is 0.504. The Morgan fingerprint density at radius 1 is 1.38 bits per heavy atom. The second-order valence-electron chi connectivity index (χ2n) is 3.55. The van der Waals surface area contributed by atoms with Crippen LogP contribution in [-0.4, -0.2) is 11.8 Å². The molecule has 1 aromatic rings. The smallest absolute Gasteiger partial charge is 0.137 e. The minimum atomic E-state index is 0.342. The summed E-state index contributed by atoms with van der Waals surface area (Å²) < 4.78 is 0. The fourth-order valence-corrected chi connectivity index (χ4v) is 1.75. The van der Waals surface area contributed by atoms with Crippen molar-refractivity contribution >= 4 is 11.4 Å². The van der Waals surface area contributed by atoms with Crippen LogP contribution < -0.4 is 5.73 Å². The number of nitrogen functional groups attached to an aromatic ring is 1. The Hall–Kier alpha value is -1.51. The first-order chi connectivity index (χ1) is 6.36. The van der Waals surface area contributed by atoms with Crippen LogP contribution in [0.1, 0.15) is 12.0 Å². The summed E-state index contributed by atoms with van der Waals surface area (Å²) in [6.45, 7) is 0. The molecule has 13 heavy (non-hydrogen) atoms. The molecule has 1 aromatic carbocycles. The molecule has 1 fully saturated rings. The van der Waals surface area contributed by atoms with Gasteiger partial charge in [-0.25, -0.2) is 0 Å². The monoisotopic (exact) mass is 174 g/mol. The lowest BCUT2D eigenvalue weighted by molar-refractivity contribution is 0.140. The third-order valence-electron chi connectivity index (χ3n) is 2.61. The molecule has 1 saturated carbocycles. The first-order valence-electron chi connectivity index (χ1n) is 4.45. The lowest BCUT2D eigenvalue weighted by Crippen LogP contribution is -2.05. The van der Waals surface area contributed by atoms with Gasteiger partial charge in [0.2, 0.25) is 0 Å². The lowest BCUT2D eigenvalue weighted by atomic mass is 10.0. The molecule has 0 saturated heterocycles. The number of para-hydroxylation sites is 1. The van der Waals surface area contributed by atoms with E-state index in [9.17, 15) is 0 Å². The molecular weight excluding hydrogens is 164 g/mol. The van der Waals surface area contributed by atoms with E-state index in [1.54, 1.807) is 0 Å². The molecule has 1 aliphatic heterocycles. The molecule has 3 heteroatoms. The van der Waals surface area contributed by atoms with Crippen molar-refractivity contribution in [1.82, 2.24) is 0 Å². The molecule has 0 spiro atoms. The number of oxime groups is 1. The van der Waals surface area contributed by atoms with Gasteiger partial charge in [0.15, 0.2) is 0 Å². The van der Waals surface area contributed by atoms with Crippen LogP contribution in [-0.2, 0) is 4.84 Å². The molecule has 0 bridgehead atoms. The van der Waals surface area contributed by atoms with Crippen molar-refractivity contribution in [2.45, 2.75) is 12.5 Å². The van der Waals surface area contributed by atoms with Crippen molar-refractivity contribution in [3.63, 3.8) is 0 Å². The maximum absolute atomic E-state index is 5.84. The van der Waals surface area contributed by atoms with Gasteiger partial charge in [-0.1, -0.05) is 23.4 Å². The number of hydrogen-bond acceptors (Lipinski definition) is 3. The molecule has 0 radical (unpaired) electrons. The van der Waals surface area contributed by atoms with E-state index in [1.165, 1.54) is 0 Å². The predicted octanol–water partition coefficient (Wildman–Crippen LogP) is 1.39. The number of anilines is 1. The summed E-state index contributed by atoms with van der Waals surface area (Å²) in [5.41, 5.74) is 8.70. The fraction of sp³-hybridized carbons (Fsp3) is 0.300. The lowest BCUT2D eigenvalue weighted by Gasteiger charge is -2.03. The zero-order chi connectivity index (χ0) is 8.84. The zero-order valence-electron chi connectivity index (χ0n) is 7.10. The predicted molar refractivity (Wildman–Crippen MR) is 50.4 cm³/mol. The Bertz CT molecular complexity index is 386. The Morgan fingerprint density at radius 3 is 2.85 bits per heavy atom. The van der Waals surface area contributed by atoms with Gasteiger partial charge < -0.3 is 10.6 Å². The van der Waals surface area contributed by atoms with E-state index in [0.717, 1.165) is 23.4 Å². The van der Waals surface area contributed by atoms with Crippen molar-refractivity contribution < 1.29 is 4.84 Å². The summed E-state index contributed by atoms with van der Waals surface area (Å²) in [5, 5.41) is 4.03. The van der Waals surface area contributed by atoms with Gasteiger partial charge in [-0.05, 0) is 12.5 Å². The van der Waals surface area contributed by atoms with Gasteiger partial charge in [-0.3, -0.25) is 0 Å². The standard InChI is InChI=1S/C10H10N2O/c11-8-4-2-1-3-6(8)10-7-5-9(7)13-12-10/h1-4,7,9H,5,11H2/t7-,9-/m0/s1. The topological polar surface area (TPSA) is 47.6 Å². The molecule has 0 aromatic heterocycles. The average molecular weight is 174 g/mol. The Morgan fingerprint density at radius 2 is 2.23 bits per heavy atom. The van der Waals surface area contributed by atoms with Crippen molar-refractivity contribution in [1.29, 1.82) is 0 Å². The number of nitrogens with zero attached hydrogens (tertiary/aromatic N) is 1. The van der Waals surface area contributed by atoms with Gasteiger partial charge in [-0.15, -0.1) is 0 Å². The third kappa shape index (κ3) is 0.932. The fourth-order valence-electron chi connectivity index (χ4n) is 1.75. The molecule has 0 amide bonds. The highest BCUT2D eigenvalue weighted by atomic mass is 16.7. The summed E-state index contributed by atoms with van der Waals surface area (Å²) in [6.07, 6.45) is 1.45. The number of fused-ring (bicyclic) bond motifs is 1. The molecule has 66 valence electrons. The number of rotatable bonds is 1. The van der Waals surface area contributed by atoms with Crippen LogP contribution in [0.15, 0.2) is 29.4 Å². The molecule has 2 aliphatic rings. The van der Waals surface area contributed by atoms with E-state index >= 15 is 0 Å². The van der Waals surface area contributed by atoms with Gasteiger partial charge in [-0.2, -0.15) is 0 Å².